The molecule has 1 heterocycles. The highest BCUT2D eigenvalue weighted by Gasteiger charge is 2.04. The first-order chi connectivity index (χ1) is 9.19. The number of aliphatic hydroxyl groups is 1. The number of thioether (sulfide) groups is 1. The highest BCUT2D eigenvalue weighted by molar-refractivity contribution is 8.00. The lowest BCUT2D eigenvalue weighted by Crippen LogP contribution is -1.88. The van der Waals surface area contributed by atoms with Crippen LogP contribution in [0.5, 0.6) is 0 Å². The average Bonchev–Trinajstić information content (AvgIpc) is 2.82. The minimum atomic E-state index is -0.374. The Kier molecular flexibility index (Phi) is 4.91. The highest BCUT2D eigenvalue weighted by Crippen LogP contribution is 2.24. The second-order valence-corrected chi connectivity index (χ2v) is 5.64. The van der Waals surface area contributed by atoms with Gasteiger partial charge >= 0.3 is 0 Å². The molecule has 19 heavy (non-hydrogen) atoms. The number of halogens is 1. The van der Waals surface area contributed by atoms with Gasteiger partial charge in [-0.2, -0.15) is 4.37 Å². The summed E-state index contributed by atoms with van der Waals surface area (Å²) >= 11 is 2.91. The monoisotopic (exact) mass is 294 g/mol. The predicted molar refractivity (Wildman–Crippen MR) is 74.6 cm³/mol. The Balaban J connectivity index is 2.08. The molecule has 2 rings (SSSR count). The van der Waals surface area contributed by atoms with E-state index in [9.17, 15) is 4.39 Å². The van der Waals surface area contributed by atoms with Gasteiger partial charge in [0.25, 0.3) is 0 Å². The minimum Gasteiger partial charge on any atom is -0.384 e. The number of aromatic nitrogens is 2. The molecule has 2 aromatic rings. The van der Waals surface area contributed by atoms with Gasteiger partial charge in [0.05, 0.1) is 5.56 Å². The first-order valence-corrected chi connectivity index (χ1v) is 7.26. The SMILES string of the molecule is Cc1nsc(SCc2ccc(F)c(C#CCO)c2)n1. The zero-order valence-corrected chi connectivity index (χ0v) is 11.8. The quantitative estimate of drug-likeness (QED) is 0.698. The van der Waals surface area contributed by atoms with Crippen molar-refractivity contribution in [3.05, 3.63) is 41.0 Å². The molecular weight excluding hydrogens is 283 g/mol. The maximum atomic E-state index is 13.4. The van der Waals surface area contributed by atoms with Gasteiger partial charge in [-0.05, 0) is 36.2 Å². The molecule has 0 fully saturated rings. The third-order valence-electron chi connectivity index (χ3n) is 2.20. The molecule has 1 N–H and O–H groups in total. The standard InChI is InChI=1S/C13H11FN2OS2/c1-9-15-13(19-16-9)18-8-10-4-5-12(14)11(7-10)3-2-6-17/h4-5,7,17H,6,8H2,1H3. The zero-order chi connectivity index (χ0) is 13.7. The van der Waals surface area contributed by atoms with E-state index in [-0.39, 0.29) is 12.4 Å². The summed E-state index contributed by atoms with van der Waals surface area (Å²) in [6.45, 7) is 1.57. The Morgan fingerprint density at radius 3 is 3.00 bits per heavy atom. The molecule has 98 valence electrons. The van der Waals surface area contributed by atoms with Crippen molar-refractivity contribution in [1.82, 2.24) is 9.36 Å². The molecular formula is C13H11FN2OS2. The fourth-order valence-electron chi connectivity index (χ4n) is 1.37. The molecule has 0 amide bonds. The molecule has 0 spiro atoms. The largest absolute Gasteiger partial charge is 0.384 e. The van der Waals surface area contributed by atoms with E-state index in [2.05, 4.69) is 21.2 Å². The first kappa shape index (κ1) is 14.0. The van der Waals surface area contributed by atoms with Crippen LogP contribution in [0.25, 0.3) is 0 Å². The van der Waals surface area contributed by atoms with Crippen LogP contribution in [0.2, 0.25) is 0 Å². The summed E-state index contributed by atoms with van der Waals surface area (Å²) in [5.41, 5.74) is 1.27. The Labute approximate surface area is 119 Å². The van der Waals surface area contributed by atoms with Gasteiger partial charge in [-0.1, -0.05) is 29.7 Å². The summed E-state index contributed by atoms with van der Waals surface area (Å²) in [6, 6.07) is 4.81. The van der Waals surface area contributed by atoms with Crippen LogP contribution in [0.1, 0.15) is 17.0 Å². The lowest BCUT2D eigenvalue weighted by Gasteiger charge is -2.01. The smallest absolute Gasteiger partial charge is 0.170 e. The van der Waals surface area contributed by atoms with Crippen molar-refractivity contribution >= 4 is 23.3 Å². The number of hydrogen-bond acceptors (Lipinski definition) is 5. The van der Waals surface area contributed by atoms with Crippen molar-refractivity contribution in [2.75, 3.05) is 6.61 Å². The summed E-state index contributed by atoms with van der Waals surface area (Å²) in [4.78, 5) is 4.25. The summed E-state index contributed by atoms with van der Waals surface area (Å²) in [5.74, 6) is 6.12. The van der Waals surface area contributed by atoms with E-state index < -0.39 is 0 Å². The minimum absolute atomic E-state index is 0.275. The summed E-state index contributed by atoms with van der Waals surface area (Å²) < 4.78 is 18.4. The van der Waals surface area contributed by atoms with Crippen LogP contribution < -0.4 is 0 Å². The number of benzene rings is 1. The molecule has 0 aliphatic heterocycles. The fraction of sp³-hybridized carbons (Fsp3) is 0.231. The van der Waals surface area contributed by atoms with E-state index in [1.54, 1.807) is 23.9 Å². The molecule has 1 aromatic heterocycles. The summed E-state index contributed by atoms with van der Waals surface area (Å²) in [7, 11) is 0. The van der Waals surface area contributed by atoms with Crippen LogP contribution in [0, 0.1) is 24.6 Å². The van der Waals surface area contributed by atoms with Gasteiger partial charge in [0, 0.05) is 5.75 Å². The van der Waals surface area contributed by atoms with Crippen LogP contribution in [-0.4, -0.2) is 21.1 Å². The fourth-order valence-corrected chi connectivity index (χ4v) is 2.96. The summed E-state index contributed by atoms with van der Waals surface area (Å²) in [6.07, 6.45) is 0. The number of hydrogen-bond donors (Lipinski definition) is 1. The van der Waals surface area contributed by atoms with Gasteiger partial charge in [-0.3, -0.25) is 0 Å². The van der Waals surface area contributed by atoms with Gasteiger partial charge in [-0.15, -0.1) is 0 Å². The van der Waals surface area contributed by atoms with Crippen LogP contribution in [0.3, 0.4) is 0 Å². The molecule has 0 saturated heterocycles. The van der Waals surface area contributed by atoms with E-state index in [1.165, 1.54) is 17.6 Å². The number of aliphatic hydroxyl groups excluding tert-OH is 1. The van der Waals surface area contributed by atoms with Crippen molar-refractivity contribution in [2.24, 2.45) is 0 Å². The van der Waals surface area contributed by atoms with Crippen molar-refractivity contribution in [1.29, 1.82) is 0 Å². The molecule has 0 aliphatic carbocycles. The van der Waals surface area contributed by atoms with E-state index >= 15 is 0 Å². The number of rotatable bonds is 3. The lowest BCUT2D eigenvalue weighted by molar-refractivity contribution is 0.350. The third-order valence-corrected chi connectivity index (χ3v) is 4.20. The second kappa shape index (κ2) is 6.66. The molecule has 0 atom stereocenters. The molecule has 0 unspecified atom stereocenters. The van der Waals surface area contributed by atoms with Crippen LogP contribution in [0.4, 0.5) is 4.39 Å². The van der Waals surface area contributed by atoms with Crippen molar-refractivity contribution in [3.63, 3.8) is 0 Å². The van der Waals surface area contributed by atoms with E-state index in [4.69, 9.17) is 5.11 Å². The van der Waals surface area contributed by atoms with Crippen molar-refractivity contribution in [2.45, 2.75) is 17.0 Å². The molecule has 0 bridgehead atoms. The summed E-state index contributed by atoms with van der Waals surface area (Å²) in [5, 5.41) is 8.63. The Morgan fingerprint density at radius 2 is 2.32 bits per heavy atom. The highest BCUT2D eigenvalue weighted by atomic mass is 32.2. The van der Waals surface area contributed by atoms with Gasteiger partial charge < -0.3 is 5.11 Å². The van der Waals surface area contributed by atoms with E-state index in [0.717, 1.165) is 15.7 Å². The zero-order valence-electron chi connectivity index (χ0n) is 10.2. The number of aryl methyl sites for hydroxylation is 1. The second-order valence-electron chi connectivity index (χ2n) is 3.67. The lowest BCUT2D eigenvalue weighted by atomic mass is 10.1. The maximum Gasteiger partial charge on any atom is 0.170 e. The maximum absolute atomic E-state index is 13.4. The predicted octanol–water partition coefficient (Wildman–Crippen LogP) is 2.62. The molecule has 0 saturated carbocycles. The van der Waals surface area contributed by atoms with E-state index in [0.29, 0.717) is 11.3 Å². The molecule has 3 nitrogen and oxygen atoms in total. The Morgan fingerprint density at radius 1 is 1.47 bits per heavy atom. The molecule has 1 aromatic carbocycles. The first-order valence-electron chi connectivity index (χ1n) is 5.50. The van der Waals surface area contributed by atoms with E-state index in [1.807, 2.05) is 6.92 Å². The van der Waals surface area contributed by atoms with Crippen molar-refractivity contribution < 1.29 is 9.50 Å². The van der Waals surface area contributed by atoms with Crippen LogP contribution in [0.15, 0.2) is 22.5 Å². The number of nitrogens with zero attached hydrogens (tertiary/aromatic N) is 2. The third kappa shape index (κ3) is 4.03. The van der Waals surface area contributed by atoms with Gasteiger partial charge in [0.1, 0.15) is 18.2 Å². The Bertz CT molecular complexity index is 631. The topological polar surface area (TPSA) is 46.0 Å². The van der Waals surface area contributed by atoms with Crippen LogP contribution in [-0.2, 0) is 5.75 Å². The molecule has 6 heteroatoms. The van der Waals surface area contributed by atoms with Crippen LogP contribution >= 0.6 is 23.3 Å². The Hall–Kier alpha value is -1.42. The van der Waals surface area contributed by atoms with Gasteiger partial charge in [0.2, 0.25) is 0 Å². The van der Waals surface area contributed by atoms with Gasteiger partial charge in [-0.25, -0.2) is 9.37 Å². The van der Waals surface area contributed by atoms with Crippen molar-refractivity contribution in [3.8, 4) is 11.8 Å². The molecule has 0 aliphatic rings. The van der Waals surface area contributed by atoms with Gasteiger partial charge in [0.15, 0.2) is 4.34 Å². The normalized spacial score (nSPS) is 10.1. The molecule has 0 radical (unpaired) electrons. The average molecular weight is 294 g/mol.